The summed E-state index contributed by atoms with van der Waals surface area (Å²) in [6.07, 6.45) is 0. The summed E-state index contributed by atoms with van der Waals surface area (Å²) in [6.45, 7) is 2.28. The lowest BCUT2D eigenvalue weighted by molar-refractivity contribution is 0.103. The zero-order chi connectivity index (χ0) is 17.2. The minimum atomic E-state index is 0.609. The van der Waals surface area contributed by atoms with E-state index < -0.39 is 0 Å². The van der Waals surface area contributed by atoms with Crippen LogP contribution in [0.3, 0.4) is 0 Å². The Morgan fingerprint density at radius 3 is 2.36 bits per heavy atom. The molecule has 1 N–H and O–H groups in total. The van der Waals surface area contributed by atoms with Gasteiger partial charge in [-0.25, -0.2) is 0 Å². The fourth-order valence-corrected chi connectivity index (χ4v) is 4.20. The van der Waals surface area contributed by atoms with Gasteiger partial charge < -0.3 is 14.6 Å². The Morgan fingerprint density at radius 2 is 1.60 bits per heavy atom. The summed E-state index contributed by atoms with van der Waals surface area (Å²) in [5.41, 5.74) is 6.13. The van der Waals surface area contributed by atoms with Crippen molar-refractivity contribution in [3.63, 3.8) is 0 Å². The van der Waals surface area contributed by atoms with Crippen molar-refractivity contribution in [2.45, 2.75) is 16.4 Å². The Balaban J connectivity index is 1.71. The summed E-state index contributed by atoms with van der Waals surface area (Å²) in [7, 11) is 4.12. The Hall–Kier alpha value is -2.01. The lowest BCUT2D eigenvalue weighted by atomic mass is 10.0. The first kappa shape index (κ1) is 16.5. The number of nitrogens with zero attached hydrogens (tertiary/aromatic N) is 1. The Morgan fingerprint density at radius 1 is 0.920 bits per heavy atom. The largest absolute Gasteiger partial charge is 0.374 e. The van der Waals surface area contributed by atoms with Gasteiger partial charge in [0.15, 0.2) is 0 Å². The zero-order valence-electron chi connectivity index (χ0n) is 14.6. The van der Waals surface area contributed by atoms with Crippen LogP contribution in [0, 0.1) is 0 Å². The molecule has 1 aromatic heterocycles. The molecule has 0 atom stereocenters. The molecule has 25 heavy (non-hydrogen) atoms. The number of benzene rings is 2. The van der Waals surface area contributed by atoms with E-state index in [1.807, 2.05) is 11.8 Å². The molecule has 4 rings (SSSR count). The molecule has 2 heterocycles. The van der Waals surface area contributed by atoms with E-state index in [4.69, 9.17) is 4.74 Å². The minimum Gasteiger partial charge on any atom is -0.374 e. The van der Waals surface area contributed by atoms with Crippen LogP contribution in [0.1, 0.15) is 5.69 Å². The zero-order valence-corrected chi connectivity index (χ0v) is 15.4. The third kappa shape index (κ3) is 3.38. The molecule has 1 aliphatic rings. The maximum absolute atomic E-state index is 5.84. The van der Waals surface area contributed by atoms with Crippen molar-refractivity contribution in [3.8, 4) is 22.4 Å². The van der Waals surface area contributed by atoms with Gasteiger partial charge in [-0.2, -0.15) is 0 Å². The van der Waals surface area contributed by atoms with Gasteiger partial charge in [-0.15, -0.1) is 0 Å². The molecule has 2 aromatic carbocycles. The minimum absolute atomic E-state index is 0.609. The molecule has 0 amide bonds. The highest BCUT2D eigenvalue weighted by molar-refractivity contribution is 7.99. The first-order valence-corrected chi connectivity index (χ1v) is 9.35. The number of fused-ring (bicyclic) bond motifs is 5. The van der Waals surface area contributed by atoms with Crippen LogP contribution in [-0.2, 0) is 11.3 Å². The molecule has 0 saturated carbocycles. The lowest BCUT2D eigenvalue weighted by Crippen LogP contribution is -2.17. The summed E-state index contributed by atoms with van der Waals surface area (Å²) in [6, 6.07) is 19.5. The van der Waals surface area contributed by atoms with Crippen molar-refractivity contribution in [1.82, 2.24) is 9.88 Å². The topological polar surface area (TPSA) is 28.3 Å². The summed E-state index contributed by atoms with van der Waals surface area (Å²) < 4.78 is 5.84. The van der Waals surface area contributed by atoms with E-state index in [2.05, 4.69) is 78.6 Å². The van der Waals surface area contributed by atoms with Crippen molar-refractivity contribution < 1.29 is 4.74 Å². The summed E-state index contributed by atoms with van der Waals surface area (Å²) >= 11 is 1.84. The second-order valence-corrected chi connectivity index (χ2v) is 7.62. The van der Waals surface area contributed by atoms with Crippen LogP contribution in [-0.4, -0.2) is 37.1 Å². The standard InChI is InChI=1S/C21H22N2OS/c1-23(2)11-12-24-14-15-13-18-16-7-3-5-9-19(16)25-20-10-6-4-8-17(20)21(18)22-15/h3-10,13,22H,11-12,14H2,1-2H3. The number of aromatic amines is 1. The van der Waals surface area contributed by atoms with Crippen molar-refractivity contribution in [3.05, 3.63) is 60.3 Å². The molecular weight excluding hydrogens is 328 g/mol. The maximum atomic E-state index is 5.84. The third-order valence-electron chi connectivity index (χ3n) is 4.37. The molecule has 1 aliphatic heterocycles. The number of rotatable bonds is 5. The van der Waals surface area contributed by atoms with Gasteiger partial charge in [0.05, 0.1) is 18.9 Å². The van der Waals surface area contributed by atoms with Gasteiger partial charge in [-0.3, -0.25) is 0 Å². The molecule has 0 unspecified atom stereocenters. The molecule has 0 fully saturated rings. The van der Waals surface area contributed by atoms with Gasteiger partial charge >= 0.3 is 0 Å². The second kappa shape index (κ2) is 7.08. The SMILES string of the molecule is CN(C)CCOCc1cc2c([nH]1)-c1ccccc1Sc1ccccc1-2. The van der Waals surface area contributed by atoms with E-state index in [1.165, 1.54) is 32.2 Å². The highest BCUT2D eigenvalue weighted by Gasteiger charge is 2.21. The lowest BCUT2D eigenvalue weighted by Gasteiger charge is -2.09. The quantitative estimate of drug-likeness (QED) is 0.519. The van der Waals surface area contributed by atoms with Crippen LogP contribution in [0.5, 0.6) is 0 Å². The molecule has 0 radical (unpaired) electrons. The van der Waals surface area contributed by atoms with E-state index in [-0.39, 0.29) is 0 Å². The van der Waals surface area contributed by atoms with Crippen LogP contribution >= 0.6 is 11.8 Å². The van der Waals surface area contributed by atoms with Crippen molar-refractivity contribution in [1.29, 1.82) is 0 Å². The van der Waals surface area contributed by atoms with Gasteiger partial charge in [0.1, 0.15) is 0 Å². The molecule has 3 nitrogen and oxygen atoms in total. The Bertz CT molecular complexity index is 822. The Labute approximate surface area is 153 Å². The number of hydrogen-bond acceptors (Lipinski definition) is 3. The Kier molecular flexibility index (Phi) is 4.66. The highest BCUT2D eigenvalue weighted by atomic mass is 32.2. The normalized spacial score (nSPS) is 12.4. The smallest absolute Gasteiger partial charge is 0.0866 e. The van der Waals surface area contributed by atoms with E-state index in [1.54, 1.807) is 0 Å². The summed E-state index contributed by atoms with van der Waals surface area (Å²) in [5, 5.41) is 0. The van der Waals surface area contributed by atoms with Crippen LogP contribution in [0.4, 0.5) is 0 Å². The highest BCUT2D eigenvalue weighted by Crippen LogP contribution is 2.47. The number of aromatic nitrogens is 1. The average Bonchev–Trinajstić information content (AvgIpc) is 2.98. The average molecular weight is 350 g/mol. The van der Waals surface area contributed by atoms with Gasteiger partial charge in [0.25, 0.3) is 0 Å². The van der Waals surface area contributed by atoms with E-state index in [0.717, 1.165) is 18.8 Å². The number of nitrogens with one attached hydrogen (secondary N) is 1. The molecular formula is C21H22N2OS. The maximum Gasteiger partial charge on any atom is 0.0866 e. The van der Waals surface area contributed by atoms with Crippen LogP contribution in [0.25, 0.3) is 22.4 Å². The number of ether oxygens (including phenoxy) is 1. The van der Waals surface area contributed by atoms with Gasteiger partial charge in [0, 0.05) is 33.2 Å². The predicted molar refractivity (Wildman–Crippen MR) is 104 cm³/mol. The molecule has 128 valence electrons. The number of H-pyrrole nitrogens is 1. The molecule has 0 spiro atoms. The van der Waals surface area contributed by atoms with Gasteiger partial charge in [-0.1, -0.05) is 48.2 Å². The summed E-state index contributed by atoms with van der Waals surface area (Å²) in [4.78, 5) is 8.33. The summed E-state index contributed by atoms with van der Waals surface area (Å²) in [5.74, 6) is 0. The van der Waals surface area contributed by atoms with Crippen molar-refractivity contribution in [2.24, 2.45) is 0 Å². The molecule has 3 aromatic rings. The van der Waals surface area contributed by atoms with Crippen LogP contribution in [0.15, 0.2) is 64.4 Å². The number of likely N-dealkylation sites (N-methyl/N-ethyl adjacent to an activating group) is 1. The molecule has 0 bridgehead atoms. The first-order chi connectivity index (χ1) is 12.2. The van der Waals surface area contributed by atoms with E-state index >= 15 is 0 Å². The van der Waals surface area contributed by atoms with Crippen LogP contribution in [0.2, 0.25) is 0 Å². The molecule has 0 aliphatic carbocycles. The fourth-order valence-electron chi connectivity index (χ4n) is 3.10. The van der Waals surface area contributed by atoms with E-state index in [0.29, 0.717) is 6.61 Å². The predicted octanol–water partition coefficient (Wildman–Crippen LogP) is 4.89. The van der Waals surface area contributed by atoms with Gasteiger partial charge in [0.2, 0.25) is 0 Å². The van der Waals surface area contributed by atoms with Gasteiger partial charge in [-0.05, 0) is 37.9 Å². The van der Waals surface area contributed by atoms with Crippen LogP contribution < -0.4 is 0 Å². The third-order valence-corrected chi connectivity index (χ3v) is 5.52. The van der Waals surface area contributed by atoms with Crippen molar-refractivity contribution in [2.75, 3.05) is 27.2 Å². The fraction of sp³-hybridized carbons (Fsp3) is 0.238. The number of hydrogen-bond donors (Lipinski definition) is 1. The van der Waals surface area contributed by atoms with E-state index in [9.17, 15) is 0 Å². The molecule has 4 heteroatoms. The second-order valence-electron chi connectivity index (χ2n) is 6.53. The monoisotopic (exact) mass is 350 g/mol. The first-order valence-electron chi connectivity index (χ1n) is 8.53. The van der Waals surface area contributed by atoms with Crippen molar-refractivity contribution >= 4 is 11.8 Å². The molecule has 0 saturated heterocycles.